The van der Waals surface area contributed by atoms with Crippen LogP contribution in [0.1, 0.15) is 53.4 Å². The van der Waals surface area contributed by atoms with E-state index in [2.05, 4.69) is 33.0 Å². The first-order chi connectivity index (χ1) is 6.11. The molecule has 0 radical (unpaired) electrons. The second-order valence-corrected chi connectivity index (χ2v) is 4.39. The van der Waals surface area contributed by atoms with Crippen LogP contribution >= 0.6 is 11.6 Å². The average Bonchev–Trinajstić information content (AvgIpc) is 2.15. The molecule has 1 N–H and O–H groups in total. The summed E-state index contributed by atoms with van der Waals surface area (Å²) in [7, 11) is 0. The number of rotatable bonds is 7. The average molecular weight is 206 g/mol. The molecule has 1 nitrogen and oxygen atoms in total. The van der Waals surface area contributed by atoms with Gasteiger partial charge in [-0.15, -0.1) is 11.6 Å². The van der Waals surface area contributed by atoms with Gasteiger partial charge in [0.2, 0.25) is 0 Å². The van der Waals surface area contributed by atoms with Crippen molar-refractivity contribution in [1.29, 1.82) is 0 Å². The third kappa shape index (κ3) is 4.87. The maximum atomic E-state index is 5.79. The van der Waals surface area contributed by atoms with Crippen molar-refractivity contribution in [2.45, 2.75) is 65.0 Å². The molecule has 0 amide bonds. The predicted molar refractivity (Wildman–Crippen MR) is 61.5 cm³/mol. The first kappa shape index (κ1) is 13.2. The summed E-state index contributed by atoms with van der Waals surface area (Å²) < 4.78 is 0. The second-order valence-electron chi connectivity index (χ2n) is 4.01. The summed E-state index contributed by atoms with van der Waals surface area (Å²) in [5.41, 5.74) is 0.235. The minimum Gasteiger partial charge on any atom is -0.309 e. The summed E-state index contributed by atoms with van der Waals surface area (Å²) in [6.45, 7) is 8.96. The molecular formula is C11H24ClN. The molecular weight excluding hydrogens is 182 g/mol. The zero-order chi connectivity index (χ0) is 10.3. The SMILES string of the molecule is CCC(CC)NC(C)(CC)CCCl. The van der Waals surface area contributed by atoms with E-state index in [-0.39, 0.29) is 5.54 Å². The first-order valence-corrected chi connectivity index (χ1v) is 5.99. The van der Waals surface area contributed by atoms with Crippen molar-refractivity contribution in [1.82, 2.24) is 5.32 Å². The quantitative estimate of drug-likeness (QED) is 0.627. The van der Waals surface area contributed by atoms with Gasteiger partial charge in [-0.2, -0.15) is 0 Å². The van der Waals surface area contributed by atoms with Gasteiger partial charge in [0.05, 0.1) is 0 Å². The molecule has 13 heavy (non-hydrogen) atoms. The Labute approximate surface area is 88.2 Å². The first-order valence-electron chi connectivity index (χ1n) is 5.45. The molecule has 0 aromatic heterocycles. The maximum Gasteiger partial charge on any atom is 0.0240 e. The van der Waals surface area contributed by atoms with E-state index in [1.54, 1.807) is 0 Å². The monoisotopic (exact) mass is 205 g/mol. The van der Waals surface area contributed by atoms with Crippen molar-refractivity contribution in [3.8, 4) is 0 Å². The number of halogens is 1. The molecule has 0 aromatic rings. The van der Waals surface area contributed by atoms with Crippen molar-refractivity contribution >= 4 is 11.6 Å². The minimum absolute atomic E-state index is 0.235. The van der Waals surface area contributed by atoms with E-state index in [0.717, 1.165) is 18.7 Å². The number of hydrogen-bond donors (Lipinski definition) is 1. The smallest absolute Gasteiger partial charge is 0.0240 e. The summed E-state index contributed by atoms with van der Waals surface area (Å²) in [6.07, 6.45) is 4.61. The van der Waals surface area contributed by atoms with Gasteiger partial charge in [0.15, 0.2) is 0 Å². The highest BCUT2D eigenvalue weighted by Crippen LogP contribution is 2.17. The van der Waals surface area contributed by atoms with Crippen LogP contribution in [0.5, 0.6) is 0 Å². The maximum absolute atomic E-state index is 5.79. The lowest BCUT2D eigenvalue weighted by Gasteiger charge is -2.33. The molecule has 1 unspecified atom stereocenters. The molecule has 0 aromatic carbocycles. The van der Waals surface area contributed by atoms with Gasteiger partial charge < -0.3 is 5.32 Å². The highest BCUT2D eigenvalue weighted by Gasteiger charge is 2.23. The molecule has 0 bridgehead atoms. The lowest BCUT2D eigenvalue weighted by atomic mass is 9.93. The largest absolute Gasteiger partial charge is 0.309 e. The van der Waals surface area contributed by atoms with Crippen molar-refractivity contribution in [3.63, 3.8) is 0 Å². The topological polar surface area (TPSA) is 12.0 Å². The lowest BCUT2D eigenvalue weighted by molar-refractivity contribution is 0.281. The Kier molecular flexibility index (Phi) is 6.79. The van der Waals surface area contributed by atoms with E-state index in [1.807, 2.05) is 0 Å². The van der Waals surface area contributed by atoms with Gasteiger partial charge in [-0.25, -0.2) is 0 Å². The summed E-state index contributed by atoms with van der Waals surface area (Å²) >= 11 is 5.79. The summed E-state index contributed by atoms with van der Waals surface area (Å²) in [6, 6.07) is 0.646. The van der Waals surface area contributed by atoms with Crippen LogP contribution < -0.4 is 5.32 Å². The van der Waals surface area contributed by atoms with E-state index >= 15 is 0 Å². The predicted octanol–water partition coefficient (Wildman–Crippen LogP) is 3.56. The fourth-order valence-electron chi connectivity index (χ4n) is 1.55. The van der Waals surface area contributed by atoms with Crippen molar-refractivity contribution < 1.29 is 0 Å². The van der Waals surface area contributed by atoms with Gasteiger partial charge in [0, 0.05) is 17.5 Å². The Morgan fingerprint density at radius 3 is 2.08 bits per heavy atom. The molecule has 1 atom stereocenters. The van der Waals surface area contributed by atoms with E-state index in [1.165, 1.54) is 12.8 Å². The van der Waals surface area contributed by atoms with E-state index in [9.17, 15) is 0 Å². The zero-order valence-electron chi connectivity index (χ0n) is 9.49. The van der Waals surface area contributed by atoms with E-state index < -0.39 is 0 Å². The Morgan fingerprint density at radius 1 is 1.23 bits per heavy atom. The van der Waals surface area contributed by atoms with E-state index in [0.29, 0.717) is 6.04 Å². The van der Waals surface area contributed by atoms with Crippen LogP contribution in [-0.4, -0.2) is 17.5 Å². The Balaban J connectivity index is 4.07. The third-order valence-corrected chi connectivity index (χ3v) is 3.15. The number of alkyl halides is 1. The normalized spacial score (nSPS) is 16.2. The van der Waals surface area contributed by atoms with Gasteiger partial charge in [-0.3, -0.25) is 0 Å². The van der Waals surface area contributed by atoms with Gasteiger partial charge in [-0.1, -0.05) is 20.8 Å². The Bertz CT molecular complexity index is 123. The second kappa shape index (κ2) is 6.67. The number of hydrogen-bond acceptors (Lipinski definition) is 1. The molecule has 0 aliphatic carbocycles. The van der Waals surface area contributed by atoms with Gasteiger partial charge in [0.1, 0.15) is 0 Å². The molecule has 0 saturated heterocycles. The summed E-state index contributed by atoms with van der Waals surface area (Å²) in [5, 5.41) is 3.70. The molecule has 0 saturated carbocycles. The lowest BCUT2D eigenvalue weighted by Crippen LogP contribution is -2.47. The fourth-order valence-corrected chi connectivity index (χ4v) is 1.96. The standard InChI is InChI=1S/C11H24ClN/c1-5-10(6-2)13-11(4,7-3)8-9-12/h10,13H,5-9H2,1-4H3. The Morgan fingerprint density at radius 2 is 1.77 bits per heavy atom. The molecule has 2 heteroatoms. The molecule has 0 heterocycles. The van der Waals surface area contributed by atoms with E-state index in [4.69, 9.17) is 11.6 Å². The fraction of sp³-hybridized carbons (Fsp3) is 1.00. The summed E-state index contributed by atoms with van der Waals surface area (Å²) in [4.78, 5) is 0. The van der Waals surface area contributed by atoms with Gasteiger partial charge >= 0.3 is 0 Å². The minimum atomic E-state index is 0.235. The van der Waals surface area contributed by atoms with Crippen molar-refractivity contribution in [3.05, 3.63) is 0 Å². The molecule has 0 aliphatic rings. The molecule has 0 aliphatic heterocycles. The van der Waals surface area contributed by atoms with Crippen LogP contribution in [0.15, 0.2) is 0 Å². The molecule has 80 valence electrons. The highest BCUT2D eigenvalue weighted by atomic mass is 35.5. The van der Waals surface area contributed by atoms with Crippen molar-refractivity contribution in [2.24, 2.45) is 0 Å². The third-order valence-electron chi connectivity index (χ3n) is 2.96. The van der Waals surface area contributed by atoms with Crippen LogP contribution in [0, 0.1) is 0 Å². The highest BCUT2D eigenvalue weighted by molar-refractivity contribution is 6.17. The van der Waals surface area contributed by atoms with Crippen LogP contribution in [0.2, 0.25) is 0 Å². The molecule has 0 fully saturated rings. The Hall–Kier alpha value is 0.250. The molecule has 0 spiro atoms. The zero-order valence-corrected chi connectivity index (χ0v) is 10.2. The van der Waals surface area contributed by atoms with Crippen LogP contribution in [0.3, 0.4) is 0 Å². The van der Waals surface area contributed by atoms with Gasteiger partial charge in [-0.05, 0) is 32.6 Å². The van der Waals surface area contributed by atoms with Crippen LogP contribution in [-0.2, 0) is 0 Å². The van der Waals surface area contributed by atoms with Gasteiger partial charge in [0.25, 0.3) is 0 Å². The summed E-state index contributed by atoms with van der Waals surface area (Å²) in [5.74, 6) is 0.748. The van der Waals surface area contributed by atoms with Crippen LogP contribution in [0.4, 0.5) is 0 Å². The molecule has 0 rings (SSSR count). The number of nitrogens with one attached hydrogen (secondary N) is 1. The van der Waals surface area contributed by atoms with Crippen LogP contribution in [0.25, 0.3) is 0 Å². The van der Waals surface area contributed by atoms with Crippen molar-refractivity contribution in [2.75, 3.05) is 5.88 Å².